The Morgan fingerprint density at radius 3 is 2.24 bits per heavy atom. The Kier molecular flexibility index (Phi) is 5.27. The predicted octanol–water partition coefficient (Wildman–Crippen LogP) is 4.81. The van der Waals surface area contributed by atoms with Crippen LogP contribution in [-0.4, -0.2) is 5.54 Å². The van der Waals surface area contributed by atoms with Gasteiger partial charge in [0.15, 0.2) is 0 Å². The van der Waals surface area contributed by atoms with E-state index in [9.17, 15) is 0 Å². The lowest BCUT2D eigenvalue weighted by Crippen LogP contribution is -2.35. The number of nitrogens with one attached hydrogen (secondary N) is 1. The third kappa shape index (κ3) is 5.07. The van der Waals surface area contributed by atoms with Crippen molar-refractivity contribution in [1.29, 1.82) is 0 Å². The van der Waals surface area contributed by atoms with Crippen LogP contribution in [0.2, 0.25) is 5.02 Å². The fourth-order valence-electron chi connectivity index (χ4n) is 1.92. The second-order valence-corrected chi connectivity index (χ2v) is 6.50. The lowest BCUT2D eigenvalue weighted by Gasteiger charge is -2.21. The van der Waals surface area contributed by atoms with E-state index in [0.29, 0.717) is 6.61 Å². The summed E-state index contributed by atoms with van der Waals surface area (Å²) in [6.45, 7) is 7.72. The van der Waals surface area contributed by atoms with E-state index in [-0.39, 0.29) is 5.54 Å². The van der Waals surface area contributed by atoms with E-state index in [1.165, 1.54) is 0 Å². The molecular weight excluding hydrogens is 282 g/mol. The van der Waals surface area contributed by atoms with Gasteiger partial charge in [-0.15, -0.1) is 0 Å². The summed E-state index contributed by atoms with van der Waals surface area (Å²) in [4.78, 5) is 0. The molecule has 2 nitrogen and oxygen atoms in total. The van der Waals surface area contributed by atoms with E-state index >= 15 is 0 Å². The van der Waals surface area contributed by atoms with Gasteiger partial charge in [0.2, 0.25) is 0 Å². The van der Waals surface area contributed by atoms with Gasteiger partial charge in [-0.1, -0.05) is 48.0 Å². The van der Waals surface area contributed by atoms with Crippen molar-refractivity contribution < 1.29 is 4.74 Å². The summed E-state index contributed by atoms with van der Waals surface area (Å²) in [6.07, 6.45) is 0. The molecular formula is C18H22ClNO. The number of hydrogen-bond donors (Lipinski definition) is 1. The molecule has 21 heavy (non-hydrogen) atoms. The molecule has 0 aromatic heterocycles. The van der Waals surface area contributed by atoms with Gasteiger partial charge in [-0.25, -0.2) is 0 Å². The minimum absolute atomic E-state index is 0.0792. The zero-order chi connectivity index (χ0) is 15.3. The van der Waals surface area contributed by atoms with Crippen molar-refractivity contribution in [3.63, 3.8) is 0 Å². The van der Waals surface area contributed by atoms with E-state index in [1.807, 2.05) is 42.5 Å². The van der Waals surface area contributed by atoms with Crippen LogP contribution in [0.5, 0.6) is 5.75 Å². The second-order valence-electron chi connectivity index (χ2n) is 6.09. The molecule has 0 saturated heterocycles. The van der Waals surface area contributed by atoms with Gasteiger partial charge in [0.1, 0.15) is 12.4 Å². The molecule has 2 rings (SSSR count). The summed E-state index contributed by atoms with van der Waals surface area (Å²) in [6, 6.07) is 15.9. The van der Waals surface area contributed by atoms with Crippen LogP contribution in [0.4, 0.5) is 0 Å². The summed E-state index contributed by atoms with van der Waals surface area (Å²) < 4.78 is 5.94. The summed E-state index contributed by atoms with van der Waals surface area (Å²) in [7, 11) is 0. The summed E-state index contributed by atoms with van der Waals surface area (Å²) >= 11 is 6.16. The highest BCUT2D eigenvalue weighted by Crippen LogP contribution is 2.22. The van der Waals surface area contributed by atoms with Crippen LogP contribution in [0.25, 0.3) is 0 Å². The largest absolute Gasteiger partial charge is 0.489 e. The number of halogens is 1. The first-order valence-corrected chi connectivity index (χ1v) is 7.53. The van der Waals surface area contributed by atoms with Gasteiger partial charge < -0.3 is 10.1 Å². The number of para-hydroxylation sites is 1. The fraction of sp³-hybridized carbons (Fsp3) is 0.333. The van der Waals surface area contributed by atoms with Crippen LogP contribution in [-0.2, 0) is 13.2 Å². The molecule has 0 unspecified atom stereocenters. The molecule has 0 spiro atoms. The average molecular weight is 304 g/mol. The van der Waals surface area contributed by atoms with Crippen molar-refractivity contribution in [2.45, 2.75) is 39.5 Å². The van der Waals surface area contributed by atoms with Gasteiger partial charge in [0.05, 0.1) is 0 Å². The average Bonchev–Trinajstić information content (AvgIpc) is 2.44. The summed E-state index contributed by atoms with van der Waals surface area (Å²) in [5.74, 6) is 0.897. The summed E-state index contributed by atoms with van der Waals surface area (Å²) in [5, 5.41) is 4.22. The summed E-state index contributed by atoms with van der Waals surface area (Å²) in [5.41, 5.74) is 2.23. The van der Waals surface area contributed by atoms with Gasteiger partial charge in [0.25, 0.3) is 0 Å². The second kappa shape index (κ2) is 6.97. The third-order valence-corrected chi connectivity index (χ3v) is 3.49. The van der Waals surface area contributed by atoms with Crippen LogP contribution in [0.1, 0.15) is 31.9 Å². The van der Waals surface area contributed by atoms with Crippen LogP contribution < -0.4 is 10.1 Å². The number of benzene rings is 2. The van der Waals surface area contributed by atoms with Gasteiger partial charge in [-0.05, 0) is 32.9 Å². The molecule has 0 aliphatic heterocycles. The first-order chi connectivity index (χ1) is 9.96. The maximum absolute atomic E-state index is 6.16. The van der Waals surface area contributed by atoms with Gasteiger partial charge in [0, 0.05) is 28.2 Å². The first-order valence-electron chi connectivity index (χ1n) is 7.15. The van der Waals surface area contributed by atoms with Gasteiger partial charge >= 0.3 is 0 Å². The maximum Gasteiger partial charge on any atom is 0.124 e. The van der Waals surface area contributed by atoms with Crippen LogP contribution in [0.3, 0.4) is 0 Å². The van der Waals surface area contributed by atoms with Crippen molar-refractivity contribution in [3.05, 3.63) is 64.7 Å². The fourth-order valence-corrected chi connectivity index (χ4v) is 2.11. The van der Waals surface area contributed by atoms with E-state index in [0.717, 1.165) is 28.4 Å². The topological polar surface area (TPSA) is 21.3 Å². The lowest BCUT2D eigenvalue weighted by molar-refractivity contribution is 0.300. The van der Waals surface area contributed by atoms with Crippen molar-refractivity contribution in [2.75, 3.05) is 0 Å². The Bertz CT molecular complexity index is 590. The molecule has 0 saturated carbocycles. The van der Waals surface area contributed by atoms with Crippen molar-refractivity contribution in [3.8, 4) is 5.75 Å². The molecule has 0 bridgehead atoms. The Balaban J connectivity index is 2.05. The molecule has 112 valence electrons. The molecule has 1 N–H and O–H groups in total. The molecule has 0 atom stereocenters. The first kappa shape index (κ1) is 15.9. The highest BCUT2D eigenvalue weighted by Gasteiger charge is 2.11. The number of hydrogen-bond acceptors (Lipinski definition) is 2. The minimum atomic E-state index is 0.0792. The van der Waals surface area contributed by atoms with Crippen LogP contribution in [0.15, 0.2) is 48.5 Å². The van der Waals surface area contributed by atoms with Crippen molar-refractivity contribution in [2.24, 2.45) is 0 Å². The maximum atomic E-state index is 6.16. The van der Waals surface area contributed by atoms with Crippen molar-refractivity contribution >= 4 is 11.6 Å². The lowest BCUT2D eigenvalue weighted by atomic mass is 10.1. The van der Waals surface area contributed by atoms with Crippen molar-refractivity contribution in [1.82, 2.24) is 5.32 Å². The van der Waals surface area contributed by atoms with E-state index in [4.69, 9.17) is 16.3 Å². The Morgan fingerprint density at radius 2 is 1.57 bits per heavy atom. The van der Waals surface area contributed by atoms with E-state index < -0.39 is 0 Å². The number of ether oxygens (including phenoxy) is 1. The van der Waals surface area contributed by atoms with Gasteiger partial charge in [-0.2, -0.15) is 0 Å². The standard InChI is InChI=1S/C18H22ClNO/c1-18(2,3)20-12-14-8-5-7-11-17(14)21-13-15-9-4-6-10-16(15)19/h4-11,20H,12-13H2,1-3H3. The zero-order valence-corrected chi connectivity index (χ0v) is 13.6. The molecule has 2 aromatic rings. The molecule has 0 aliphatic carbocycles. The highest BCUT2D eigenvalue weighted by molar-refractivity contribution is 6.31. The quantitative estimate of drug-likeness (QED) is 0.856. The Morgan fingerprint density at radius 1 is 0.952 bits per heavy atom. The third-order valence-electron chi connectivity index (χ3n) is 3.12. The van der Waals surface area contributed by atoms with Crippen LogP contribution in [0, 0.1) is 0 Å². The Labute approximate surface area is 132 Å². The van der Waals surface area contributed by atoms with E-state index in [2.05, 4.69) is 32.2 Å². The zero-order valence-electron chi connectivity index (χ0n) is 12.8. The predicted molar refractivity (Wildman–Crippen MR) is 88.8 cm³/mol. The molecule has 0 fully saturated rings. The van der Waals surface area contributed by atoms with Gasteiger partial charge in [-0.3, -0.25) is 0 Å². The minimum Gasteiger partial charge on any atom is -0.489 e. The highest BCUT2D eigenvalue weighted by atomic mass is 35.5. The van der Waals surface area contributed by atoms with E-state index in [1.54, 1.807) is 0 Å². The normalized spacial score (nSPS) is 11.4. The smallest absolute Gasteiger partial charge is 0.124 e. The molecule has 2 aromatic carbocycles. The SMILES string of the molecule is CC(C)(C)NCc1ccccc1OCc1ccccc1Cl. The molecule has 0 radical (unpaired) electrons. The molecule has 0 heterocycles. The molecule has 0 aliphatic rings. The number of rotatable bonds is 5. The monoisotopic (exact) mass is 303 g/mol. The Hall–Kier alpha value is -1.51. The molecule has 3 heteroatoms. The van der Waals surface area contributed by atoms with Crippen LogP contribution >= 0.6 is 11.6 Å². The molecule has 0 amide bonds.